The lowest BCUT2D eigenvalue weighted by atomic mass is 10.1. The molecule has 1 heterocycles. The zero-order valence-electron chi connectivity index (χ0n) is 11.8. The van der Waals surface area contributed by atoms with Crippen LogP contribution in [0.2, 0.25) is 0 Å². The Morgan fingerprint density at radius 3 is 2.53 bits per heavy atom. The standard InChI is InChI=1S/C15H21NO3/c1-10-6-11(2)15(12(3)7-10)19-9-14(18)16-5-4-13(17)8-16/h6-7,13,17H,4-5,8-9H2,1-3H3/t13-/m1/s1. The van der Waals surface area contributed by atoms with Gasteiger partial charge < -0.3 is 14.7 Å². The second-order valence-corrected chi connectivity index (χ2v) is 5.30. The van der Waals surface area contributed by atoms with Gasteiger partial charge in [0, 0.05) is 13.1 Å². The highest BCUT2D eigenvalue weighted by molar-refractivity contribution is 5.78. The van der Waals surface area contributed by atoms with Gasteiger partial charge in [-0.05, 0) is 38.3 Å². The number of nitrogens with zero attached hydrogens (tertiary/aromatic N) is 1. The summed E-state index contributed by atoms with van der Waals surface area (Å²) in [6, 6.07) is 4.10. The van der Waals surface area contributed by atoms with Crippen LogP contribution in [0, 0.1) is 20.8 Å². The largest absolute Gasteiger partial charge is 0.483 e. The molecule has 1 aromatic rings. The zero-order chi connectivity index (χ0) is 14.0. The SMILES string of the molecule is Cc1cc(C)c(OCC(=O)N2CC[C@@H](O)C2)c(C)c1. The van der Waals surface area contributed by atoms with Crippen LogP contribution in [-0.4, -0.2) is 41.7 Å². The number of hydrogen-bond acceptors (Lipinski definition) is 3. The summed E-state index contributed by atoms with van der Waals surface area (Å²) in [5.41, 5.74) is 3.29. The van der Waals surface area contributed by atoms with Gasteiger partial charge in [-0.1, -0.05) is 17.7 Å². The maximum absolute atomic E-state index is 11.9. The van der Waals surface area contributed by atoms with Gasteiger partial charge in [0.2, 0.25) is 0 Å². The van der Waals surface area contributed by atoms with Crippen LogP contribution in [0.15, 0.2) is 12.1 Å². The summed E-state index contributed by atoms with van der Waals surface area (Å²) in [5.74, 6) is 0.731. The minimum absolute atomic E-state index is 0.0391. The first-order valence-corrected chi connectivity index (χ1v) is 6.64. The first-order valence-electron chi connectivity index (χ1n) is 6.64. The number of β-amino-alcohol motifs (C(OH)–C–C–N with tert-alkyl or cyclic N) is 1. The van der Waals surface area contributed by atoms with Gasteiger partial charge in [0.15, 0.2) is 6.61 Å². The predicted octanol–water partition coefficient (Wildman–Crippen LogP) is 1.58. The fourth-order valence-corrected chi connectivity index (χ4v) is 2.59. The Kier molecular flexibility index (Phi) is 4.10. The Balaban J connectivity index is 1.97. The van der Waals surface area contributed by atoms with Gasteiger partial charge in [-0.25, -0.2) is 0 Å². The van der Waals surface area contributed by atoms with Gasteiger partial charge in [-0.15, -0.1) is 0 Å². The summed E-state index contributed by atoms with van der Waals surface area (Å²) in [7, 11) is 0. The number of rotatable bonds is 3. The molecule has 4 heteroatoms. The molecule has 1 atom stereocenters. The molecule has 0 spiro atoms. The molecular weight excluding hydrogens is 242 g/mol. The second-order valence-electron chi connectivity index (χ2n) is 5.30. The number of aryl methyl sites for hydroxylation is 3. The van der Waals surface area contributed by atoms with Crippen molar-refractivity contribution < 1.29 is 14.6 Å². The highest BCUT2D eigenvalue weighted by Gasteiger charge is 2.24. The maximum atomic E-state index is 11.9. The molecule has 1 fully saturated rings. The summed E-state index contributed by atoms with van der Waals surface area (Å²) in [6.07, 6.45) is 0.278. The van der Waals surface area contributed by atoms with E-state index in [1.165, 1.54) is 5.56 Å². The zero-order valence-corrected chi connectivity index (χ0v) is 11.8. The number of hydrogen-bond donors (Lipinski definition) is 1. The summed E-state index contributed by atoms with van der Waals surface area (Å²) >= 11 is 0. The number of likely N-dealkylation sites (tertiary alicyclic amines) is 1. The lowest BCUT2D eigenvalue weighted by Crippen LogP contribution is -2.33. The smallest absolute Gasteiger partial charge is 0.260 e. The third kappa shape index (κ3) is 3.26. The van der Waals surface area contributed by atoms with Crippen molar-refractivity contribution in [1.82, 2.24) is 4.90 Å². The minimum atomic E-state index is -0.383. The average molecular weight is 263 g/mol. The van der Waals surface area contributed by atoms with Crippen molar-refractivity contribution in [3.05, 3.63) is 28.8 Å². The molecular formula is C15H21NO3. The van der Waals surface area contributed by atoms with Crippen LogP contribution >= 0.6 is 0 Å². The summed E-state index contributed by atoms with van der Waals surface area (Å²) in [6.45, 7) is 7.10. The molecule has 1 aliphatic rings. The van der Waals surface area contributed by atoms with Gasteiger partial charge in [0.25, 0.3) is 5.91 Å². The monoisotopic (exact) mass is 263 g/mol. The van der Waals surface area contributed by atoms with Crippen LogP contribution in [0.3, 0.4) is 0 Å². The Labute approximate surface area is 114 Å². The molecule has 1 aromatic carbocycles. The minimum Gasteiger partial charge on any atom is -0.483 e. The van der Waals surface area contributed by atoms with Gasteiger partial charge in [-0.3, -0.25) is 4.79 Å². The van der Waals surface area contributed by atoms with Crippen LogP contribution in [0.5, 0.6) is 5.75 Å². The van der Waals surface area contributed by atoms with E-state index in [0.29, 0.717) is 19.5 Å². The highest BCUT2D eigenvalue weighted by Crippen LogP contribution is 2.24. The van der Waals surface area contributed by atoms with E-state index < -0.39 is 0 Å². The molecule has 104 valence electrons. The third-order valence-corrected chi connectivity index (χ3v) is 3.46. The third-order valence-electron chi connectivity index (χ3n) is 3.46. The second kappa shape index (κ2) is 5.61. The molecule has 0 aromatic heterocycles. The summed E-state index contributed by atoms with van der Waals surface area (Å²) < 4.78 is 5.66. The number of aliphatic hydroxyl groups excluding tert-OH is 1. The summed E-state index contributed by atoms with van der Waals surface area (Å²) in [4.78, 5) is 13.6. The van der Waals surface area contributed by atoms with Crippen molar-refractivity contribution in [2.75, 3.05) is 19.7 Å². The van der Waals surface area contributed by atoms with Crippen molar-refractivity contribution in [1.29, 1.82) is 0 Å². The van der Waals surface area contributed by atoms with E-state index in [1.807, 2.05) is 32.9 Å². The van der Waals surface area contributed by atoms with E-state index >= 15 is 0 Å². The number of amides is 1. The van der Waals surface area contributed by atoms with Crippen molar-refractivity contribution in [3.63, 3.8) is 0 Å². The molecule has 19 heavy (non-hydrogen) atoms. The number of aliphatic hydroxyl groups is 1. The molecule has 1 saturated heterocycles. The van der Waals surface area contributed by atoms with Crippen LogP contribution in [0.25, 0.3) is 0 Å². The van der Waals surface area contributed by atoms with Gasteiger partial charge in [0.1, 0.15) is 5.75 Å². The van der Waals surface area contributed by atoms with E-state index in [2.05, 4.69) is 0 Å². The Morgan fingerprint density at radius 2 is 2.00 bits per heavy atom. The van der Waals surface area contributed by atoms with Crippen LogP contribution in [-0.2, 0) is 4.79 Å². The van der Waals surface area contributed by atoms with Crippen LogP contribution in [0.1, 0.15) is 23.1 Å². The molecule has 1 aliphatic heterocycles. The van der Waals surface area contributed by atoms with Crippen LogP contribution in [0.4, 0.5) is 0 Å². The predicted molar refractivity (Wildman–Crippen MR) is 73.4 cm³/mol. The number of ether oxygens (including phenoxy) is 1. The lowest BCUT2D eigenvalue weighted by molar-refractivity contribution is -0.132. The first-order chi connectivity index (χ1) is 8.97. The van der Waals surface area contributed by atoms with Crippen molar-refractivity contribution in [2.45, 2.75) is 33.3 Å². The highest BCUT2D eigenvalue weighted by atomic mass is 16.5. The Bertz CT molecular complexity index is 461. The van der Waals surface area contributed by atoms with E-state index in [1.54, 1.807) is 4.90 Å². The lowest BCUT2D eigenvalue weighted by Gasteiger charge is -2.17. The van der Waals surface area contributed by atoms with E-state index in [0.717, 1.165) is 16.9 Å². The van der Waals surface area contributed by atoms with E-state index in [4.69, 9.17) is 4.74 Å². The number of benzene rings is 1. The molecule has 4 nitrogen and oxygen atoms in total. The van der Waals surface area contributed by atoms with Crippen molar-refractivity contribution >= 4 is 5.91 Å². The molecule has 1 amide bonds. The summed E-state index contributed by atoms with van der Waals surface area (Å²) in [5, 5.41) is 9.42. The fraction of sp³-hybridized carbons (Fsp3) is 0.533. The molecule has 0 unspecified atom stereocenters. The Morgan fingerprint density at radius 1 is 1.37 bits per heavy atom. The Hall–Kier alpha value is -1.55. The van der Waals surface area contributed by atoms with Crippen molar-refractivity contribution in [3.8, 4) is 5.75 Å². The number of carbonyl (C=O) groups excluding carboxylic acids is 1. The quantitative estimate of drug-likeness (QED) is 0.901. The van der Waals surface area contributed by atoms with Gasteiger partial charge >= 0.3 is 0 Å². The average Bonchev–Trinajstić information content (AvgIpc) is 2.74. The molecule has 1 N–H and O–H groups in total. The molecule has 0 saturated carbocycles. The first kappa shape index (κ1) is 13.9. The van der Waals surface area contributed by atoms with Gasteiger partial charge in [0.05, 0.1) is 6.10 Å². The molecule has 2 rings (SSSR count). The molecule has 0 radical (unpaired) electrons. The normalized spacial score (nSPS) is 18.7. The molecule has 0 bridgehead atoms. The topological polar surface area (TPSA) is 49.8 Å². The van der Waals surface area contributed by atoms with E-state index in [-0.39, 0.29) is 18.6 Å². The van der Waals surface area contributed by atoms with Gasteiger partial charge in [-0.2, -0.15) is 0 Å². The van der Waals surface area contributed by atoms with Crippen LogP contribution < -0.4 is 4.74 Å². The number of carbonyl (C=O) groups is 1. The fourth-order valence-electron chi connectivity index (χ4n) is 2.59. The molecule has 0 aliphatic carbocycles. The van der Waals surface area contributed by atoms with Crippen molar-refractivity contribution in [2.24, 2.45) is 0 Å². The maximum Gasteiger partial charge on any atom is 0.260 e. The van der Waals surface area contributed by atoms with E-state index in [9.17, 15) is 9.90 Å².